The maximum absolute atomic E-state index is 12.5. The summed E-state index contributed by atoms with van der Waals surface area (Å²) in [6.07, 6.45) is 1.31. The molecule has 3 rings (SSSR count). The van der Waals surface area contributed by atoms with Crippen molar-refractivity contribution in [3.05, 3.63) is 39.8 Å². The van der Waals surface area contributed by atoms with Gasteiger partial charge >= 0.3 is 0 Å². The monoisotopic (exact) mass is 359 g/mol. The summed E-state index contributed by atoms with van der Waals surface area (Å²) in [5.41, 5.74) is 2.75. The number of benzene rings is 1. The van der Waals surface area contributed by atoms with Crippen molar-refractivity contribution in [1.82, 2.24) is 4.98 Å². The molecule has 2 unspecified atom stereocenters. The van der Waals surface area contributed by atoms with Crippen molar-refractivity contribution in [2.75, 3.05) is 23.3 Å². The van der Waals surface area contributed by atoms with Crippen molar-refractivity contribution < 1.29 is 9.53 Å². The number of morpholine rings is 1. The van der Waals surface area contributed by atoms with E-state index in [-0.39, 0.29) is 18.1 Å². The van der Waals surface area contributed by atoms with E-state index in [2.05, 4.69) is 41.2 Å². The fourth-order valence-corrected chi connectivity index (χ4v) is 4.05. The number of carbonyl (C=O) groups excluding carboxylic acids is 1. The molecule has 5 nitrogen and oxygen atoms in total. The van der Waals surface area contributed by atoms with Gasteiger partial charge in [0.1, 0.15) is 4.88 Å². The van der Waals surface area contributed by atoms with Gasteiger partial charge in [-0.2, -0.15) is 0 Å². The van der Waals surface area contributed by atoms with E-state index in [9.17, 15) is 4.79 Å². The quantitative estimate of drug-likeness (QED) is 0.900. The number of nitrogens with zero attached hydrogens (tertiary/aromatic N) is 2. The first kappa shape index (κ1) is 17.9. The van der Waals surface area contributed by atoms with E-state index in [1.54, 1.807) is 0 Å². The predicted molar refractivity (Wildman–Crippen MR) is 103 cm³/mol. The number of carbonyl (C=O) groups is 1. The Morgan fingerprint density at radius 2 is 1.92 bits per heavy atom. The van der Waals surface area contributed by atoms with Crippen LogP contribution in [0, 0.1) is 6.92 Å². The molecule has 25 heavy (non-hydrogen) atoms. The highest BCUT2D eigenvalue weighted by Gasteiger charge is 2.22. The van der Waals surface area contributed by atoms with Gasteiger partial charge in [-0.3, -0.25) is 4.79 Å². The highest BCUT2D eigenvalue weighted by atomic mass is 32.1. The van der Waals surface area contributed by atoms with Gasteiger partial charge in [0.25, 0.3) is 5.91 Å². The van der Waals surface area contributed by atoms with Gasteiger partial charge in [-0.15, -0.1) is 11.3 Å². The van der Waals surface area contributed by atoms with E-state index in [4.69, 9.17) is 4.74 Å². The second kappa shape index (κ2) is 7.54. The van der Waals surface area contributed by atoms with Crippen molar-refractivity contribution in [1.29, 1.82) is 0 Å². The molecule has 134 valence electrons. The molecule has 2 aromatic rings. The number of thiazole rings is 1. The van der Waals surface area contributed by atoms with Gasteiger partial charge in [0.05, 0.1) is 22.9 Å². The van der Waals surface area contributed by atoms with E-state index in [0.29, 0.717) is 4.88 Å². The highest BCUT2D eigenvalue weighted by Crippen LogP contribution is 2.24. The molecule has 2 heterocycles. The van der Waals surface area contributed by atoms with Crippen molar-refractivity contribution in [2.24, 2.45) is 0 Å². The normalized spacial score (nSPS) is 20.6. The molecule has 0 bridgehead atoms. The lowest BCUT2D eigenvalue weighted by atomic mass is 10.2. The van der Waals surface area contributed by atoms with Crippen LogP contribution in [-0.4, -0.2) is 36.2 Å². The first-order valence-electron chi connectivity index (χ1n) is 8.74. The van der Waals surface area contributed by atoms with E-state index < -0.39 is 0 Å². The van der Waals surface area contributed by atoms with Gasteiger partial charge in [-0.25, -0.2) is 4.98 Å². The largest absolute Gasteiger partial charge is 0.372 e. The Balaban J connectivity index is 1.68. The molecule has 1 N–H and O–H groups in total. The van der Waals surface area contributed by atoms with Crippen LogP contribution < -0.4 is 10.2 Å². The fraction of sp³-hybridized carbons (Fsp3) is 0.474. The number of hydrogen-bond acceptors (Lipinski definition) is 5. The molecule has 0 radical (unpaired) electrons. The second-order valence-corrected chi connectivity index (χ2v) is 7.62. The molecule has 1 saturated heterocycles. The van der Waals surface area contributed by atoms with Crippen LogP contribution in [0.15, 0.2) is 24.3 Å². The van der Waals surface area contributed by atoms with Crippen LogP contribution in [0.25, 0.3) is 0 Å². The average Bonchev–Trinajstić information content (AvgIpc) is 2.96. The van der Waals surface area contributed by atoms with Gasteiger partial charge in [-0.1, -0.05) is 6.92 Å². The summed E-state index contributed by atoms with van der Waals surface area (Å²) in [5.74, 6) is -0.0870. The number of anilines is 2. The third-order valence-electron chi connectivity index (χ3n) is 4.26. The van der Waals surface area contributed by atoms with Gasteiger partial charge in [0, 0.05) is 24.5 Å². The molecule has 0 aliphatic carbocycles. The average molecular weight is 359 g/mol. The summed E-state index contributed by atoms with van der Waals surface area (Å²) in [6.45, 7) is 9.89. The molecular formula is C19H25N3O2S. The Bertz CT molecular complexity index is 732. The van der Waals surface area contributed by atoms with Gasteiger partial charge in [-0.05, 0) is 51.5 Å². The summed E-state index contributed by atoms with van der Waals surface area (Å²) in [7, 11) is 0. The number of amides is 1. The minimum absolute atomic E-state index is 0.0870. The molecule has 0 spiro atoms. The van der Waals surface area contributed by atoms with Crippen molar-refractivity contribution >= 4 is 28.6 Å². The van der Waals surface area contributed by atoms with E-state index in [1.807, 2.05) is 26.0 Å². The molecule has 1 amide bonds. The summed E-state index contributed by atoms with van der Waals surface area (Å²) < 4.78 is 5.78. The number of nitrogens with one attached hydrogen (secondary N) is 1. The van der Waals surface area contributed by atoms with Crippen molar-refractivity contribution in [3.63, 3.8) is 0 Å². The van der Waals surface area contributed by atoms with Crippen LogP contribution >= 0.6 is 11.3 Å². The molecule has 2 atom stereocenters. The van der Waals surface area contributed by atoms with Crippen LogP contribution in [-0.2, 0) is 11.2 Å². The van der Waals surface area contributed by atoms with E-state index in [0.717, 1.165) is 41.6 Å². The van der Waals surface area contributed by atoms with E-state index >= 15 is 0 Å². The number of rotatable bonds is 4. The van der Waals surface area contributed by atoms with Crippen LogP contribution in [0.4, 0.5) is 11.4 Å². The van der Waals surface area contributed by atoms with Crippen LogP contribution in [0.2, 0.25) is 0 Å². The Kier molecular flexibility index (Phi) is 5.39. The van der Waals surface area contributed by atoms with E-state index in [1.165, 1.54) is 11.3 Å². The maximum atomic E-state index is 12.5. The SMILES string of the molecule is CCc1nc(C)c(C(=O)Nc2ccc(N3CC(C)OC(C)C3)cc2)s1. The minimum Gasteiger partial charge on any atom is -0.372 e. The Labute approximate surface area is 153 Å². The minimum atomic E-state index is -0.0870. The molecule has 1 fully saturated rings. The van der Waals surface area contributed by atoms with Crippen molar-refractivity contribution in [2.45, 2.75) is 46.3 Å². The Morgan fingerprint density at radius 3 is 2.48 bits per heavy atom. The summed E-state index contributed by atoms with van der Waals surface area (Å²) in [6, 6.07) is 8.01. The van der Waals surface area contributed by atoms with Crippen molar-refractivity contribution in [3.8, 4) is 0 Å². The van der Waals surface area contributed by atoms with Crippen LogP contribution in [0.5, 0.6) is 0 Å². The lowest BCUT2D eigenvalue weighted by molar-refractivity contribution is -0.00521. The van der Waals surface area contributed by atoms with Crippen LogP contribution in [0.3, 0.4) is 0 Å². The zero-order chi connectivity index (χ0) is 18.0. The van der Waals surface area contributed by atoms with Crippen LogP contribution in [0.1, 0.15) is 41.1 Å². The molecule has 1 aliphatic rings. The molecule has 1 aromatic carbocycles. The molecular weight excluding hydrogens is 334 g/mol. The topological polar surface area (TPSA) is 54.5 Å². The lowest BCUT2D eigenvalue weighted by Crippen LogP contribution is -2.45. The third-order valence-corrected chi connectivity index (χ3v) is 5.56. The van der Waals surface area contributed by atoms with Gasteiger partial charge in [0.2, 0.25) is 0 Å². The standard InChI is InChI=1S/C19H25N3O2S/c1-5-17-20-14(4)18(25-17)19(23)21-15-6-8-16(9-7-15)22-10-12(2)24-13(3)11-22/h6-9,12-13H,5,10-11H2,1-4H3,(H,21,23). The maximum Gasteiger partial charge on any atom is 0.267 e. The zero-order valence-electron chi connectivity index (χ0n) is 15.2. The smallest absolute Gasteiger partial charge is 0.267 e. The molecule has 1 aliphatic heterocycles. The zero-order valence-corrected chi connectivity index (χ0v) is 16.0. The lowest BCUT2D eigenvalue weighted by Gasteiger charge is -2.36. The molecule has 0 saturated carbocycles. The summed E-state index contributed by atoms with van der Waals surface area (Å²) in [5, 5.41) is 3.97. The Morgan fingerprint density at radius 1 is 1.28 bits per heavy atom. The summed E-state index contributed by atoms with van der Waals surface area (Å²) in [4.78, 5) is 19.9. The Hall–Kier alpha value is -1.92. The predicted octanol–water partition coefficient (Wildman–Crippen LogP) is 3.88. The number of aromatic nitrogens is 1. The number of aryl methyl sites for hydroxylation is 2. The summed E-state index contributed by atoms with van der Waals surface area (Å²) >= 11 is 1.47. The van der Waals surface area contributed by atoms with Gasteiger partial charge < -0.3 is 15.0 Å². The fourth-order valence-electron chi connectivity index (χ4n) is 3.15. The molecule has 6 heteroatoms. The first-order chi connectivity index (χ1) is 12.0. The second-order valence-electron chi connectivity index (χ2n) is 6.54. The molecule has 1 aromatic heterocycles. The number of ether oxygens (including phenoxy) is 1. The highest BCUT2D eigenvalue weighted by molar-refractivity contribution is 7.13. The number of hydrogen-bond donors (Lipinski definition) is 1. The first-order valence-corrected chi connectivity index (χ1v) is 9.56. The van der Waals surface area contributed by atoms with Gasteiger partial charge in [0.15, 0.2) is 0 Å². The third kappa shape index (κ3) is 4.19.